The van der Waals surface area contributed by atoms with E-state index in [9.17, 15) is 4.79 Å². The number of hydrogen-bond acceptors (Lipinski definition) is 6. The van der Waals surface area contributed by atoms with E-state index in [-0.39, 0.29) is 18.7 Å². The molecule has 0 saturated carbocycles. The molecule has 8 nitrogen and oxygen atoms in total. The summed E-state index contributed by atoms with van der Waals surface area (Å²) in [6.45, 7) is 4.35. The van der Waals surface area contributed by atoms with E-state index in [4.69, 9.17) is 9.26 Å². The molecule has 2 aromatic rings. The molecule has 8 heteroatoms. The average molecular weight is 345 g/mol. The summed E-state index contributed by atoms with van der Waals surface area (Å²) in [4.78, 5) is 22.2. The molecular formula is C17H23N5O3. The summed E-state index contributed by atoms with van der Waals surface area (Å²) in [6.07, 6.45) is 6.13. The number of hydrogen-bond donors (Lipinski definition) is 1. The van der Waals surface area contributed by atoms with Crippen LogP contribution >= 0.6 is 0 Å². The lowest BCUT2D eigenvalue weighted by atomic mass is 10.1. The topological polar surface area (TPSA) is 93.4 Å². The Morgan fingerprint density at radius 1 is 1.52 bits per heavy atom. The molecule has 1 atom stereocenters. The highest BCUT2D eigenvalue weighted by Gasteiger charge is 2.24. The monoisotopic (exact) mass is 345 g/mol. The Morgan fingerprint density at radius 3 is 3.24 bits per heavy atom. The second-order valence-electron chi connectivity index (χ2n) is 6.01. The Morgan fingerprint density at radius 2 is 2.44 bits per heavy atom. The second kappa shape index (κ2) is 8.57. The number of carbonyl (C=O) groups is 1. The van der Waals surface area contributed by atoms with Crippen molar-refractivity contribution in [2.24, 2.45) is 0 Å². The smallest absolute Gasteiger partial charge is 0.317 e. The van der Waals surface area contributed by atoms with E-state index >= 15 is 0 Å². The molecule has 1 saturated heterocycles. The maximum Gasteiger partial charge on any atom is 0.317 e. The quantitative estimate of drug-likeness (QED) is 0.863. The summed E-state index contributed by atoms with van der Waals surface area (Å²) < 4.78 is 11.1. The van der Waals surface area contributed by atoms with Gasteiger partial charge >= 0.3 is 6.03 Å². The molecule has 0 aliphatic carbocycles. The molecule has 1 unspecified atom stereocenters. The highest BCUT2D eigenvalue weighted by atomic mass is 16.5. The lowest BCUT2D eigenvalue weighted by Gasteiger charge is -2.32. The normalized spacial score (nSPS) is 17.5. The first-order valence-corrected chi connectivity index (χ1v) is 8.63. The molecule has 0 spiro atoms. The van der Waals surface area contributed by atoms with E-state index in [0.717, 1.165) is 31.4 Å². The van der Waals surface area contributed by atoms with Crippen LogP contribution in [-0.4, -0.2) is 51.8 Å². The fourth-order valence-electron chi connectivity index (χ4n) is 2.71. The van der Waals surface area contributed by atoms with Crippen molar-refractivity contribution in [3.63, 3.8) is 0 Å². The number of ether oxygens (including phenoxy) is 1. The number of nitrogens with one attached hydrogen (secondary N) is 1. The zero-order valence-electron chi connectivity index (χ0n) is 14.4. The summed E-state index contributed by atoms with van der Waals surface area (Å²) in [5, 5.41) is 6.84. The van der Waals surface area contributed by atoms with Gasteiger partial charge in [-0.05, 0) is 31.4 Å². The van der Waals surface area contributed by atoms with Gasteiger partial charge in [-0.2, -0.15) is 4.98 Å². The number of urea groups is 1. The van der Waals surface area contributed by atoms with Gasteiger partial charge in [0.05, 0.1) is 11.7 Å². The van der Waals surface area contributed by atoms with Crippen LogP contribution in [-0.2, 0) is 11.3 Å². The minimum Gasteiger partial charge on any atom is -0.368 e. The van der Waals surface area contributed by atoms with Gasteiger partial charge in [0.15, 0.2) is 5.82 Å². The first-order chi connectivity index (χ1) is 12.3. The van der Waals surface area contributed by atoms with Crippen LogP contribution in [0.3, 0.4) is 0 Å². The van der Waals surface area contributed by atoms with Crippen molar-refractivity contribution in [3.05, 3.63) is 30.4 Å². The van der Waals surface area contributed by atoms with E-state index in [0.29, 0.717) is 24.8 Å². The molecule has 1 aliphatic heterocycles. The zero-order chi connectivity index (χ0) is 17.5. The lowest BCUT2D eigenvalue weighted by Crippen LogP contribution is -2.47. The van der Waals surface area contributed by atoms with E-state index in [1.807, 2.05) is 19.1 Å². The van der Waals surface area contributed by atoms with Gasteiger partial charge in [0.2, 0.25) is 0 Å². The van der Waals surface area contributed by atoms with Crippen molar-refractivity contribution in [2.75, 3.05) is 19.6 Å². The Kier molecular flexibility index (Phi) is 5.95. The average Bonchev–Trinajstić information content (AvgIpc) is 3.14. The third-order valence-corrected chi connectivity index (χ3v) is 4.02. The van der Waals surface area contributed by atoms with Crippen molar-refractivity contribution in [2.45, 2.75) is 38.9 Å². The van der Waals surface area contributed by atoms with Crippen LogP contribution in [0, 0.1) is 0 Å². The number of amides is 2. The number of nitrogens with zero attached hydrogens (tertiary/aromatic N) is 4. The van der Waals surface area contributed by atoms with Gasteiger partial charge in [0.1, 0.15) is 6.61 Å². The van der Waals surface area contributed by atoms with Gasteiger partial charge in [-0.1, -0.05) is 12.1 Å². The van der Waals surface area contributed by atoms with Gasteiger partial charge in [-0.3, -0.25) is 4.98 Å². The molecule has 134 valence electrons. The molecule has 1 aliphatic rings. The van der Waals surface area contributed by atoms with Crippen molar-refractivity contribution >= 4 is 6.03 Å². The van der Waals surface area contributed by atoms with Gasteiger partial charge < -0.3 is 19.5 Å². The van der Waals surface area contributed by atoms with Gasteiger partial charge in [-0.15, -0.1) is 0 Å². The lowest BCUT2D eigenvalue weighted by molar-refractivity contribution is -0.00368. The van der Waals surface area contributed by atoms with E-state index in [2.05, 4.69) is 20.4 Å². The van der Waals surface area contributed by atoms with Crippen LogP contribution in [0.25, 0.3) is 11.5 Å². The predicted molar refractivity (Wildman–Crippen MR) is 90.6 cm³/mol. The molecule has 0 bridgehead atoms. The van der Waals surface area contributed by atoms with Crippen LogP contribution in [0.1, 0.15) is 32.0 Å². The first-order valence-electron chi connectivity index (χ1n) is 8.63. The maximum absolute atomic E-state index is 12.1. The molecule has 2 amide bonds. The number of carbonyl (C=O) groups excluding carboxylic acids is 1. The van der Waals surface area contributed by atoms with E-state index in [1.54, 1.807) is 17.3 Å². The maximum atomic E-state index is 12.1. The molecule has 25 heavy (non-hydrogen) atoms. The molecule has 2 aromatic heterocycles. The van der Waals surface area contributed by atoms with Crippen molar-refractivity contribution in [1.29, 1.82) is 0 Å². The third kappa shape index (κ3) is 4.76. The number of pyridine rings is 1. The van der Waals surface area contributed by atoms with Crippen molar-refractivity contribution in [3.8, 4) is 11.5 Å². The number of piperidine rings is 1. The van der Waals surface area contributed by atoms with E-state index < -0.39 is 0 Å². The molecular weight excluding hydrogens is 322 g/mol. The summed E-state index contributed by atoms with van der Waals surface area (Å²) in [5.74, 6) is 0.919. The summed E-state index contributed by atoms with van der Waals surface area (Å²) >= 11 is 0. The molecule has 1 fully saturated rings. The summed E-state index contributed by atoms with van der Waals surface area (Å²) in [6, 6.07) is 3.66. The molecule has 1 N–H and O–H groups in total. The third-order valence-electron chi connectivity index (χ3n) is 4.02. The molecule has 0 radical (unpaired) electrons. The van der Waals surface area contributed by atoms with Crippen molar-refractivity contribution in [1.82, 2.24) is 25.3 Å². The first kappa shape index (κ1) is 17.3. The van der Waals surface area contributed by atoms with Crippen LogP contribution in [0.2, 0.25) is 0 Å². The van der Waals surface area contributed by atoms with Crippen molar-refractivity contribution < 1.29 is 14.1 Å². The minimum absolute atomic E-state index is 0.0125. The van der Waals surface area contributed by atoms with Crippen LogP contribution in [0.5, 0.6) is 0 Å². The van der Waals surface area contributed by atoms with E-state index in [1.165, 1.54) is 0 Å². The number of rotatable bonds is 6. The summed E-state index contributed by atoms with van der Waals surface area (Å²) in [7, 11) is 0. The fourth-order valence-corrected chi connectivity index (χ4v) is 2.71. The van der Waals surface area contributed by atoms with Gasteiger partial charge in [0.25, 0.3) is 5.89 Å². The second-order valence-corrected chi connectivity index (χ2v) is 6.01. The molecule has 3 rings (SSSR count). The molecule has 3 heterocycles. The Labute approximate surface area is 146 Å². The van der Waals surface area contributed by atoms with Crippen LogP contribution < -0.4 is 5.32 Å². The van der Waals surface area contributed by atoms with Crippen LogP contribution in [0.15, 0.2) is 29.0 Å². The number of likely N-dealkylation sites (tertiary alicyclic amines) is 1. The molecule has 0 aromatic carbocycles. The zero-order valence-corrected chi connectivity index (χ0v) is 14.4. The van der Waals surface area contributed by atoms with Crippen LogP contribution in [0.4, 0.5) is 4.79 Å². The highest BCUT2D eigenvalue weighted by Crippen LogP contribution is 2.17. The van der Waals surface area contributed by atoms with Gasteiger partial charge in [0, 0.05) is 32.0 Å². The Hall–Kier alpha value is -2.48. The number of aromatic nitrogens is 3. The predicted octanol–water partition coefficient (Wildman–Crippen LogP) is 2.23. The Bertz CT molecular complexity index is 676. The fraction of sp³-hybridized carbons (Fsp3) is 0.529. The Balaban J connectivity index is 1.50. The SMILES string of the molecule is CCCNC(=O)N1CCCC(OCc2noc(-c3cccnc3)n2)C1. The summed E-state index contributed by atoms with van der Waals surface area (Å²) in [5.41, 5.74) is 0.776. The highest BCUT2D eigenvalue weighted by molar-refractivity contribution is 5.74. The standard InChI is InChI=1S/C17H23N5O3/c1-2-7-19-17(23)22-9-4-6-14(11-22)24-12-15-20-16(25-21-15)13-5-3-8-18-10-13/h3,5,8,10,14H,2,4,6-7,9,11-12H2,1H3,(H,19,23). The minimum atomic E-state index is -0.0198. The largest absolute Gasteiger partial charge is 0.368 e. The van der Waals surface area contributed by atoms with Gasteiger partial charge in [-0.25, -0.2) is 4.79 Å².